The van der Waals surface area contributed by atoms with Crippen LogP contribution in [0.3, 0.4) is 0 Å². The van der Waals surface area contributed by atoms with Gasteiger partial charge in [0.2, 0.25) is 0 Å². The first kappa shape index (κ1) is 12.1. The quantitative estimate of drug-likeness (QED) is 0.694. The van der Waals surface area contributed by atoms with Gasteiger partial charge in [-0.15, -0.1) is 0 Å². The zero-order valence-electron chi connectivity index (χ0n) is 9.11. The van der Waals surface area contributed by atoms with Crippen LogP contribution in [-0.4, -0.2) is 0 Å². The minimum atomic E-state index is -0.259. The minimum Gasteiger partial charge on any atom is -0.307 e. The van der Waals surface area contributed by atoms with E-state index in [1.165, 1.54) is 12.1 Å². The topological polar surface area (TPSA) is 29.3 Å². The Morgan fingerprint density at radius 1 is 1.00 bits per heavy atom. The molecule has 0 spiro atoms. The Morgan fingerprint density at radius 2 is 1.59 bits per heavy atom. The largest absolute Gasteiger partial charge is 0.307 e. The van der Waals surface area contributed by atoms with E-state index in [1.807, 2.05) is 24.3 Å². The maximum Gasteiger partial charge on any atom is 0.123 e. The molecule has 0 bridgehead atoms. The number of nitrogens with zero attached hydrogens (tertiary/aromatic N) is 1. The molecule has 2 N–H and O–H groups in total. The molecular formula is C13H12BrFN2. The number of anilines is 1. The van der Waals surface area contributed by atoms with Gasteiger partial charge in [0, 0.05) is 4.47 Å². The normalized spacial score (nSPS) is 10.3. The molecule has 2 rings (SSSR count). The fourth-order valence-electron chi connectivity index (χ4n) is 1.51. The van der Waals surface area contributed by atoms with Crippen LogP contribution in [0.1, 0.15) is 5.56 Å². The Bertz CT molecular complexity index is 482. The van der Waals surface area contributed by atoms with Crippen molar-refractivity contribution in [3.63, 3.8) is 0 Å². The van der Waals surface area contributed by atoms with Crippen LogP contribution in [0.25, 0.3) is 0 Å². The molecule has 0 atom stereocenters. The highest BCUT2D eigenvalue weighted by molar-refractivity contribution is 9.10. The molecule has 2 aromatic rings. The van der Waals surface area contributed by atoms with E-state index in [9.17, 15) is 4.39 Å². The van der Waals surface area contributed by atoms with Crippen LogP contribution >= 0.6 is 15.9 Å². The van der Waals surface area contributed by atoms with Crippen LogP contribution in [0.15, 0.2) is 53.0 Å². The molecule has 0 radical (unpaired) electrons. The van der Waals surface area contributed by atoms with Crippen LogP contribution in [0.4, 0.5) is 10.1 Å². The summed E-state index contributed by atoms with van der Waals surface area (Å²) in [5.74, 6) is 5.66. The molecule has 88 valence electrons. The Balaban J connectivity index is 2.08. The van der Waals surface area contributed by atoms with Gasteiger partial charge >= 0.3 is 0 Å². The average molecular weight is 295 g/mol. The summed E-state index contributed by atoms with van der Waals surface area (Å²) in [5, 5.41) is 1.59. The summed E-state index contributed by atoms with van der Waals surface area (Å²) in [6.45, 7) is 0.582. The second-order valence-electron chi connectivity index (χ2n) is 3.73. The maximum atomic E-state index is 12.8. The van der Waals surface area contributed by atoms with Crippen molar-refractivity contribution in [2.45, 2.75) is 6.54 Å². The molecule has 0 aliphatic rings. The SMILES string of the molecule is NN(Cc1ccc(Br)cc1)c1ccc(F)cc1. The first-order valence-corrected chi connectivity index (χ1v) is 5.97. The van der Waals surface area contributed by atoms with Gasteiger partial charge in [0.1, 0.15) is 5.82 Å². The molecule has 4 heteroatoms. The van der Waals surface area contributed by atoms with Gasteiger partial charge in [0.05, 0.1) is 12.2 Å². The van der Waals surface area contributed by atoms with Crippen molar-refractivity contribution in [3.05, 3.63) is 64.4 Å². The van der Waals surface area contributed by atoms with Gasteiger partial charge in [-0.2, -0.15) is 0 Å². The molecule has 0 saturated heterocycles. The van der Waals surface area contributed by atoms with Gasteiger partial charge < -0.3 is 5.01 Å². The van der Waals surface area contributed by atoms with Gasteiger partial charge in [-0.05, 0) is 42.0 Å². The highest BCUT2D eigenvalue weighted by atomic mass is 79.9. The average Bonchev–Trinajstić information content (AvgIpc) is 2.33. The molecule has 17 heavy (non-hydrogen) atoms. The highest BCUT2D eigenvalue weighted by Crippen LogP contribution is 2.16. The number of hydrazine groups is 1. The van der Waals surface area contributed by atoms with E-state index >= 15 is 0 Å². The van der Waals surface area contributed by atoms with Crippen molar-refractivity contribution in [1.29, 1.82) is 0 Å². The minimum absolute atomic E-state index is 0.259. The zero-order chi connectivity index (χ0) is 12.3. The highest BCUT2D eigenvalue weighted by Gasteiger charge is 2.02. The molecule has 0 heterocycles. The van der Waals surface area contributed by atoms with Crippen molar-refractivity contribution < 1.29 is 4.39 Å². The summed E-state index contributed by atoms with van der Waals surface area (Å²) < 4.78 is 13.8. The smallest absolute Gasteiger partial charge is 0.123 e. The predicted molar refractivity (Wildman–Crippen MR) is 70.9 cm³/mol. The van der Waals surface area contributed by atoms with E-state index in [-0.39, 0.29) is 5.82 Å². The summed E-state index contributed by atoms with van der Waals surface area (Å²) in [5.41, 5.74) is 1.88. The van der Waals surface area contributed by atoms with Gasteiger partial charge in [-0.3, -0.25) is 0 Å². The third kappa shape index (κ3) is 3.28. The van der Waals surface area contributed by atoms with Crippen molar-refractivity contribution in [2.24, 2.45) is 5.84 Å². The maximum absolute atomic E-state index is 12.8. The number of halogens is 2. The third-order valence-corrected chi connectivity index (χ3v) is 2.95. The lowest BCUT2D eigenvalue weighted by atomic mass is 10.2. The van der Waals surface area contributed by atoms with Crippen molar-refractivity contribution in [3.8, 4) is 0 Å². The fourth-order valence-corrected chi connectivity index (χ4v) is 1.77. The summed E-state index contributed by atoms with van der Waals surface area (Å²) in [6.07, 6.45) is 0. The second kappa shape index (κ2) is 5.29. The first-order valence-electron chi connectivity index (χ1n) is 5.17. The number of hydrogen-bond donors (Lipinski definition) is 1. The van der Waals surface area contributed by atoms with E-state index < -0.39 is 0 Å². The van der Waals surface area contributed by atoms with Crippen molar-refractivity contribution in [2.75, 3.05) is 5.01 Å². The van der Waals surface area contributed by atoms with E-state index in [4.69, 9.17) is 5.84 Å². The fraction of sp³-hybridized carbons (Fsp3) is 0.0769. The van der Waals surface area contributed by atoms with Crippen LogP contribution in [-0.2, 0) is 6.54 Å². The van der Waals surface area contributed by atoms with Gasteiger partial charge in [-0.1, -0.05) is 28.1 Å². The van der Waals surface area contributed by atoms with Crippen LogP contribution < -0.4 is 10.9 Å². The zero-order valence-corrected chi connectivity index (χ0v) is 10.7. The third-order valence-electron chi connectivity index (χ3n) is 2.42. The van der Waals surface area contributed by atoms with E-state index in [2.05, 4.69) is 15.9 Å². The van der Waals surface area contributed by atoms with Gasteiger partial charge in [0.15, 0.2) is 0 Å². The number of hydrogen-bond acceptors (Lipinski definition) is 2. The van der Waals surface area contributed by atoms with Crippen molar-refractivity contribution >= 4 is 21.6 Å². The standard InChI is InChI=1S/C13H12BrFN2/c14-11-3-1-10(2-4-11)9-17(16)13-7-5-12(15)6-8-13/h1-8H,9,16H2. The molecule has 0 aliphatic carbocycles. The Hall–Kier alpha value is -1.39. The molecule has 0 unspecified atom stereocenters. The van der Waals surface area contributed by atoms with Crippen LogP contribution in [0, 0.1) is 5.82 Å². The van der Waals surface area contributed by atoms with Gasteiger partial charge in [0.25, 0.3) is 0 Å². The molecule has 0 aromatic heterocycles. The number of nitrogens with two attached hydrogens (primary N) is 1. The van der Waals surface area contributed by atoms with Gasteiger partial charge in [-0.25, -0.2) is 10.2 Å². The Labute approximate surface area is 108 Å². The monoisotopic (exact) mass is 294 g/mol. The molecule has 0 amide bonds. The Morgan fingerprint density at radius 3 is 2.18 bits per heavy atom. The molecule has 0 aliphatic heterocycles. The lowest BCUT2D eigenvalue weighted by Crippen LogP contribution is -2.29. The molecule has 0 fully saturated rings. The molecular weight excluding hydrogens is 283 g/mol. The lowest BCUT2D eigenvalue weighted by molar-refractivity contribution is 0.627. The Kier molecular flexibility index (Phi) is 3.76. The van der Waals surface area contributed by atoms with E-state index in [1.54, 1.807) is 17.1 Å². The van der Waals surface area contributed by atoms with Crippen molar-refractivity contribution in [1.82, 2.24) is 0 Å². The molecule has 2 aromatic carbocycles. The first-order chi connectivity index (χ1) is 8.15. The summed E-state index contributed by atoms with van der Waals surface area (Å²) in [6, 6.07) is 14.0. The lowest BCUT2D eigenvalue weighted by Gasteiger charge is -2.18. The second-order valence-corrected chi connectivity index (χ2v) is 4.65. The molecule has 2 nitrogen and oxygen atoms in total. The molecule has 0 saturated carbocycles. The number of benzene rings is 2. The van der Waals surface area contributed by atoms with E-state index in [0.717, 1.165) is 15.7 Å². The van der Waals surface area contributed by atoms with Crippen LogP contribution in [0.5, 0.6) is 0 Å². The summed E-state index contributed by atoms with van der Waals surface area (Å²) >= 11 is 3.38. The predicted octanol–water partition coefficient (Wildman–Crippen LogP) is 3.47. The van der Waals surface area contributed by atoms with E-state index in [0.29, 0.717) is 6.54 Å². The summed E-state index contributed by atoms with van der Waals surface area (Å²) in [4.78, 5) is 0. The summed E-state index contributed by atoms with van der Waals surface area (Å²) in [7, 11) is 0. The van der Waals surface area contributed by atoms with Crippen LogP contribution in [0.2, 0.25) is 0 Å². The number of rotatable bonds is 3.